The summed E-state index contributed by atoms with van der Waals surface area (Å²) < 4.78 is 1.84. The maximum Gasteiger partial charge on any atom is 0.235 e. The molecule has 0 saturated heterocycles. The predicted octanol–water partition coefficient (Wildman–Crippen LogP) is 2.03. The van der Waals surface area contributed by atoms with Gasteiger partial charge < -0.3 is 0 Å². The minimum atomic E-state index is -0.533. The largest absolute Gasteiger partial charge is 0.270 e. The molecule has 76 valence electrons. The van der Waals surface area contributed by atoms with Crippen molar-refractivity contribution in [1.29, 1.82) is 0 Å². The second kappa shape index (κ2) is 3.76. The first-order valence-corrected chi connectivity index (χ1v) is 4.61. The molecule has 4 nitrogen and oxygen atoms in total. The van der Waals surface area contributed by atoms with Gasteiger partial charge >= 0.3 is 0 Å². The molecule has 0 atom stereocenters. The molecule has 0 fully saturated rings. The van der Waals surface area contributed by atoms with Gasteiger partial charge in [0.15, 0.2) is 0 Å². The smallest absolute Gasteiger partial charge is 0.235 e. The third-order valence-corrected chi connectivity index (χ3v) is 2.16. The fourth-order valence-electron chi connectivity index (χ4n) is 1.12. The second-order valence-corrected chi connectivity index (χ2v) is 4.06. The topological polar surface area (TPSA) is 47.2 Å². The first kappa shape index (κ1) is 10.7. The van der Waals surface area contributed by atoms with Gasteiger partial charge in [0.05, 0.1) is 11.7 Å². The van der Waals surface area contributed by atoms with Gasteiger partial charge in [-0.25, -0.2) is 4.79 Å². The van der Waals surface area contributed by atoms with Crippen LogP contribution in [0.15, 0.2) is 17.4 Å². The lowest BCUT2D eigenvalue weighted by atomic mass is 9.99. The summed E-state index contributed by atoms with van der Waals surface area (Å²) in [6.45, 7) is 7.82. The lowest BCUT2D eigenvalue weighted by Crippen LogP contribution is -2.12. The third-order valence-electron chi connectivity index (χ3n) is 2.16. The highest BCUT2D eigenvalue weighted by Gasteiger charge is 2.21. The van der Waals surface area contributed by atoms with Crippen molar-refractivity contribution < 1.29 is 4.79 Å². The third kappa shape index (κ3) is 2.09. The van der Waals surface area contributed by atoms with Crippen LogP contribution in [0.1, 0.15) is 39.3 Å². The first-order chi connectivity index (χ1) is 6.47. The summed E-state index contributed by atoms with van der Waals surface area (Å²) in [5.41, 5.74) is 0.393. The van der Waals surface area contributed by atoms with Crippen LogP contribution in [0.4, 0.5) is 0 Å². The van der Waals surface area contributed by atoms with Gasteiger partial charge in [-0.2, -0.15) is 10.1 Å². The van der Waals surface area contributed by atoms with Crippen molar-refractivity contribution in [2.45, 2.75) is 39.3 Å². The van der Waals surface area contributed by atoms with E-state index in [-0.39, 0.29) is 0 Å². The summed E-state index contributed by atoms with van der Waals surface area (Å²) in [6, 6.07) is 0.319. The van der Waals surface area contributed by atoms with E-state index >= 15 is 0 Å². The zero-order valence-electron chi connectivity index (χ0n) is 8.98. The van der Waals surface area contributed by atoms with Gasteiger partial charge in [0.25, 0.3) is 0 Å². The van der Waals surface area contributed by atoms with Crippen LogP contribution in [-0.2, 0) is 10.3 Å². The van der Waals surface area contributed by atoms with Crippen molar-refractivity contribution in [2.24, 2.45) is 4.99 Å². The van der Waals surface area contributed by atoms with Crippen LogP contribution in [0.2, 0.25) is 0 Å². The van der Waals surface area contributed by atoms with Gasteiger partial charge in [0, 0.05) is 17.8 Å². The molecule has 1 rings (SSSR count). The van der Waals surface area contributed by atoms with E-state index in [1.54, 1.807) is 12.3 Å². The van der Waals surface area contributed by atoms with E-state index in [4.69, 9.17) is 0 Å². The van der Waals surface area contributed by atoms with E-state index in [2.05, 4.69) is 10.1 Å². The van der Waals surface area contributed by atoms with Crippen LogP contribution in [0.5, 0.6) is 0 Å². The monoisotopic (exact) mass is 193 g/mol. The molecule has 0 aromatic carbocycles. The van der Waals surface area contributed by atoms with Crippen LogP contribution < -0.4 is 0 Å². The summed E-state index contributed by atoms with van der Waals surface area (Å²) in [6.07, 6.45) is 5.23. The Balaban J connectivity index is 3.02. The average molecular weight is 193 g/mol. The van der Waals surface area contributed by atoms with Crippen LogP contribution in [0, 0.1) is 0 Å². The number of hydrogen-bond donors (Lipinski definition) is 0. The van der Waals surface area contributed by atoms with E-state index < -0.39 is 5.54 Å². The minimum Gasteiger partial charge on any atom is -0.270 e. The molecule has 0 unspecified atom stereocenters. The zero-order chi connectivity index (χ0) is 10.8. The van der Waals surface area contributed by atoms with E-state index in [1.165, 1.54) is 0 Å². The van der Waals surface area contributed by atoms with Gasteiger partial charge in [-0.3, -0.25) is 4.68 Å². The molecular weight excluding hydrogens is 178 g/mol. The molecule has 0 saturated carbocycles. The molecular formula is C10H15N3O. The second-order valence-electron chi connectivity index (χ2n) is 4.06. The molecule has 0 radical (unpaired) electrons. The van der Waals surface area contributed by atoms with Crippen LogP contribution in [-0.4, -0.2) is 15.9 Å². The molecule has 1 heterocycles. The highest BCUT2D eigenvalue weighted by molar-refractivity contribution is 5.36. The number of aliphatic imine (C=N–C) groups is 1. The van der Waals surface area contributed by atoms with Crippen LogP contribution in [0.3, 0.4) is 0 Å². The van der Waals surface area contributed by atoms with Crippen molar-refractivity contribution in [1.82, 2.24) is 9.78 Å². The summed E-state index contributed by atoms with van der Waals surface area (Å²) in [5, 5.41) is 4.19. The quantitative estimate of drug-likeness (QED) is 0.544. The fraction of sp³-hybridized carbons (Fsp3) is 0.600. The molecule has 14 heavy (non-hydrogen) atoms. The van der Waals surface area contributed by atoms with Crippen molar-refractivity contribution in [3.8, 4) is 0 Å². The van der Waals surface area contributed by atoms with Gasteiger partial charge in [-0.1, -0.05) is 0 Å². The van der Waals surface area contributed by atoms with Crippen molar-refractivity contribution in [3.63, 3.8) is 0 Å². The number of rotatable bonds is 3. The predicted molar refractivity (Wildman–Crippen MR) is 53.8 cm³/mol. The molecule has 0 aliphatic rings. The van der Waals surface area contributed by atoms with E-state index in [1.807, 2.05) is 38.6 Å². The zero-order valence-corrected chi connectivity index (χ0v) is 8.98. The summed E-state index contributed by atoms with van der Waals surface area (Å²) >= 11 is 0. The fourth-order valence-corrected chi connectivity index (χ4v) is 1.12. The molecule has 1 aromatic rings. The lowest BCUT2D eigenvalue weighted by molar-refractivity contribution is 0.514. The van der Waals surface area contributed by atoms with Gasteiger partial charge in [-0.15, -0.1) is 0 Å². The molecule has 0 N–H and O–H groups in total. The van der Waals surface area contributed by atoms with E-state index in [0.717, 1.165) is 5.56 Å². The van der Waals surface area contributed by atoms with E-state index in [0.29, 0.717) is 6.04 Å². The van der Waals surface area contributed by atoms with Crippen molar-refractivity contribution in [2.75, 3.05) is 0 Å². The Morgan fingerprint density at radius 1 is 1.57 bits per heavy atom. The summed E-state index contributed by atoms with van der Waals surface area (Å²) in [4.78, 5) is 14.0. The first-order valence-electron chi connectivity index (χ1n) is 4.61. The standard InChI is InChI=1S/C10H15N3O/c1-8(2)13-6-9(5-12-13)10(3,4)11-7-14/h5-6,8H,1-4H3. The summed E-state index contributed by atoms with van der Waals surface area (Å²) in [7, 11) is 0. The average Bonchev–Trinajstić information content (AvgIpc) is 2.51. The number of isocyanates is 1. The SMILES string of the molecule is CC(C)n1cc(C(C)(C)N=C=O)cn1. The number of nitrogens with zero attached hydrogens (tertiary/aromatic N) is 3. The van der Waals surface area contributed by atoms with Gasteiger partial charge in [-0.05, 0) is 27.7 Å². The van der Waals surface area contributed by atoms with Crippen molar-refractivity contribution in [3.05, 3.63) is 18.0 Å². The Hall–Kier alpha value is -1.41. The highest BCUT2D eigenvalue weighted by Crippen LogP contribution is 2.24. The maximum absolute atomic E-state index is 10.2. The molecule has 0 spiro atoms. The molecule has 0 aliphatic heterocycles. The minimum absolute atomic E-state index is 0.319. The van der Waals surface area contributed by atoms with Crippen molar-refractivity contribution >= 4 is 6.08 Å². The number of hydrogen-bond acceptors (Lipinski definition) is 3. The molecule has 0 bridgehead atoms. The van der Waals surface area contributed by atoms with E-state index in [9.17, 15) is 4.79 Å². The molecule has 4 heteroatoms. The Labute approximate surface area is 83.7 Å². The van der Waals surface area contributed by atoms with Gasteiger partial charge in [0.2, 0.25) is 6.08 Å². The Morgan fingerprint density at radius 2 is 2.21 bits per heavy atom. The lowest BCUT2D eigenvalue weighted by Gasteiger charge is -2.14. The molecule has 0 amide bonds. The normalized spacial score (nSPS) is 11.5. The van der Waals surface area contributed by atoms with Crippen LogP contribution in [0.25, 0.3) is 0 Å². The summed E-state index contributed by atoms with van der Waals surface area (Å²) in [5.74, 6) is 0. The van der Waals surface area contributed by atoms with Crippen LogP contribution >= 0.6 is 0 Å². The Kier molecular flexibility index (Phi) is 2.87. The Bertz CT molecular complexity index is 359. The molecule has 0 aliphatic carbocycles. The Morgan fingerprint density at radius 3 is 2.64 bits per heavy atom. The molecule has 1 aromatic heterocycles. The van der Waals surface area contributed by atoms with Gasteiger partial charge in [0.1, 0.15) is 0 Å². The maximum atomic E-state index is 10.2. The number of aromatic nitrogens is 2. The highest BCUT2D eigenvalue weighted by atomic mass is 16.1. The number of carbonyl (C=O) groups excluding carboxylic acids is 1.